The first-order chi connectivity index (χ1) is 6.66. The molecule has 0 amide bonds. The average molecular weight is 217 g/mol. The second-order valence-electron chi connectivity index (χ2n) is 5.79. The zero-order valence-corrected chi connectivity index (χ0v) is 11.1. The van der Waals surface area contributed by atoms with E-state index in [0.29, 0.717) is 6.54 Å². The Morgan fingerprint density at radius 2 is 1.73 bits per heavy atom. The largest absolute Gasteiger partial charge is 0.392 e. The van der Waals surface area contributed by atoms with Gasteiger partial charge in [-0.25, -0.2) is 0 Å². The van der Waals surface area contributed by atoms with Crippen molar-refractivity contribution < 1.29 is 9.84 Å². The van der Waals surface area contributed by atoms with Gasteiger partial charge in [0.25, 0.3) is 0 Å². The Morgan fingerprint density at radius 3 is 2.13 bits per heavy atom. The van der Waals surface area contributed by atoms with Crippen LogP contribution in [0.1, 0.15) is 47.5 Å². The fourth-order valence-corrected chi connectivity index (χ4v) is 1.14. The molecule has 0 aliphatic heterocycles. The summed E-state index contributed by atoms with van der Waals surface area (Å²) in [6, 6.07) is 0. The van der Waals surface area contributed by atoms with Crippen LogP contribution in [0.5, 0.6) is 0 Å². The number of rotatable bonds is 6. The van der Waals surface area contributed by atoms with Crippen LogP contribution in [0.15, 0.2) is 0 Å². The van der Waals surface area contributed by atoms with Crippen molar-refractivity contribution in [2.45, 2.75) is 64.7 Å². The van der Waals surface area contributed by atoms with Crippen LogP contribution >= 0.6 is 0 Å². The van der Waals surface area contributed by atoms with Crippen LogP contribution < -0.4 is 5.32 Å². The van der Waals surface area contributed by atoms with E-state index in [1.165, 1.54) is 0 Å². The van der Waals surface area contributed by atoms with Crippen molar-refractivity contribution in [3.8, 4) is 0 Å². The highest BCUT2D eigenvalue weighted by molar-refractivity contribution is 4.75. The Hall–Kier alpha value is -0.120. The van der Waals surface area contributed by atoms with E-state index in [1.807, 2.05) is 13.8 Å². The molecule has 0 rings (SSSR count). The zero-order valence-electron chi connectivity index (χ0n) is 11.1. The third-order valence-electron chi connectivity index (χ3n) is 2.50. The maximum absolute atomic E-state index is 9.75. The number of aliphatic hydroxyl groups is 1. The van der Waals surface area contributed by atoms with E-state index in [2.05, 4.69) is 26.1 Å². The van der Waals surface area contributed by atoms with Crippen LogP contribution in [0.3, 0.4) is 0 Å². The molecule has 0 fully saturated rings. The minimum absolute atomic E-state index is 0.0672. The lowest BCUT2D eigenvalue weighted by Crippen LogP contribution is -2.41. The lowest BCUT2D eigenvalue weighted by molar-refractivity contribution is 0.00268. The molecule has 0 saturated carbocycles. The normalized spacial score (nSPS) is 15.4. The molecule has 0 aromatic heterocycles. The van der Waals surface area contributed by atoms with Gasteiger partial charge in [-0.1, -0.05) is 0 Å². The van der Waals surface area contributed by atoms with Gasteiger partial charge in [0.1, 0.15) is 0 Å². The van der Waals surface area contributed by atoms with Crippen molar-refractivity contribution in [1.82, 2.24) is 5.32 Å². The van der Waals surface area contributed by atoms with Gasteiger partial charge in [0.15, 0.2) is 0 Å². The molecular weight excluding hydrogens is 190 g/mol. The second-order valence-corrected chi connectivity index (χ2v) is 5.79. The topological polar surface area (TPSA) is 41.5 Å². The molecule has 92 valence electrons. The van der Waals surface area contributed by atoms with Crippen LogP contribution in [0.4, 0.5) is 0 Å². The molecule has 15 heavy (non-hydrogen) atoms. The minimum Gasteiger partial charge on any atom is -0.392 e. The van der Waals surface area contributed by atoms with Crippen LogP contribution in [0, 0.1) is 0 Å². The summed E-state index contributed by atoms with van der Waals surface area (Å²) in [5, 5.41) is 13.0. The fraction of sp³-hybridized carbons (Fsp3) is 1.00. The van der Waals surface area contributed by atoms with Gasteiger partial charge < -0.3 is 15.2 Å². The lowest BCUT2D eigenvalue weighted by Gasteiger charge is -2.26. The number of aliphatic hydroxyl groups excluding tert-OH is 1. The van der Waals surface area contributed by atoms with Crippen LogP contribution in [0.2, 0.25) is 0 Å². The van der Waals surface area contributed by atoms with E-state index < -0.39 is 0 Å². The number of hydrogen-bond acceptors (Lipinski definition) is 3. The van der Waals surface area contributed by atoms with E-state index >= 15 is 0 Å². The van der Waals surface area contributed by atoms with E-state index in [0.717, 1.165) is 12.8 Å². The van der Waals surface area contributed by atoms with Gasteiger partial charge in [-0.05, 0) is 47.5 Å². The number of hydrogen-bond donors (Lipinski definition) is 2. The summed E-state index contributed by atoms with van der Waals surface area (Å²) in [5.41, 5.74) is -0.0690. The number of ether oxygens (including phenoxy) is 1. The second kappa shape index (κ2) is 5.83. The molecule has 2 N–H and O–H groups in total. The Labute approximate surface area is 94.2 Å². The smallest absolute Gasteiger partial charge is 0.0665 e. The first-order valence-corrected chi connectivity index (χ1v) is 5.64. The molecule has 0 saturated heterocycles. The molecule has 3 nitrogen and oxygen atoms in total. The predicted octanol–water partition coefficient (Wildman–Crippen LogP) is 1.94. The van der Waals surface area contributed by atoms with Gasteiger partial charge in [0.2, 0.25) is 0 Å². The number of nitrogens with one attached hydrogen (secondary N) is 1. The third kappa shape index (κ3) is 8.85. The van der Waals surface area contributed by atoms with E-state index in [4.69, 9.17) is 4.74 Å². The molecule has 0 aliphatic carbocycles. The highest BCUT2D eigenvalue weighted by atomic mass is 16.5. The summed E-state index contributed by atoms with van der Waals surface area (Å²) in [6.45, 7) is 11.0. The van der Waals surface area contributed by atoms with Crippen LogP contribution in [-0.4, -0.2) is 36.0 Å². The summed E-state index contributed by atoms with van der Waals surface area (Å²) in [4.78, 5) is 0. The van der Waals surface area contributed by atoms with Gasteiger partial charge in [-0.2, -0.15) is 0 Å². The molecule has 0 bridgehead atoms. The molecule has 1 atom stereocenters. The number of methoxy groups -OCH3 is 1. The monoisotopic (exact) mass is 217 g/mol. The van der Waals surface area contributed by atoms with Crippen molar-refractivity contribution in [2.75, 3.05) is 13.7 Å². The zero-order chi connectivity index (χ0) is 12.1. The lowest BCUT2D eigenvalue weighted by atomic mass is 9.99. The molecule has 0 radical (unpaired) electrons. The molecular formula is C12H27NO2. The highest BCUT2D eigenvalue weighted by Gasteiger charge is 2.19. The van der Waals surface area contributed by atoms with Crippen molar-refractivity contribution in [3.05, 3.63) is 0 Å². The van der Waals surface area contributed by atoms with E-state index in [-0.39, 0.29) is 17.2 Å². The molecule has 1 unspecified atom stereocenters. The first-order valence-electron chi connectivity index (χ1n) is 5.64. The minimum atomic E-state index is -0.293. The molecule has 0 aliphatic rings. The average Bonchev–Trinajstić information content (AvgIpc) is 2.10. The van der Waals surface area contributed by atoms with Crippen molar-refractivity contribution >= 4 is 0 Å². The maximum Gasteiger partial charge on any atom is 0.0665 e. The molecule has 0 heterocycles. The maximum atomic E-state index is 9.75. The molecule has 0 aromatic rings. The Bertz CT molecular complexity index is 173. The fourth-order valence-electron chi connectivity index (χ4n) is 1.14. The van der Waals surface area contributed by atoms with E-state index in [9.17, 15) is 5.11 Å². The summed E-state index contributed by atoms with van der Waals surface area (Å²) in [7, 11) is 1.71. The summed E-state index contributed by atoms with van der Waals surface area (Å²) in [6.07, 6.45) is 1.35. The highest BCUT2D eigenvalue weighted by Crippen LogP contribution is 2.16. The Kier molecular flexibility index (Phi) is 5.78. The standard InChI is InChI=1S/C12H27NO2/c1-11(2,3)13-9-10(14)7-8-12(4,5)15-6/h10,13-14H,7-9H2,1-6H3. The SMILES string of the molecule is COC(C)(C)CCC(O)CNC(C)(C)C. The van der Waals surface area contributed by atoms with Crippen molar-refractivity contribution in [2.24, 2.45) is 0 Å². The molecule has 3 heteroatoms. The van der Waals surface area contributed by atoms with Crippen LogP contribution in [-0.2, 0) is 4.74 Å². The summed E-state index contributed by atoms with van der Waals surface area (Å²) >= 11 is 0. The third-order valence-corrected chi connectivity index (χ3v) is 2.50. The quantitative estimate of drug-likeness (QED) is 0.714. The first kappa shape index (κ1) is 14.9. The molecule has 0 aromatic carbocycles. The van der Waals surface area contributed by atoms with Crippen molar-refractivity contribution in [1.29, 1.82) is 0 Å². The van der Waals surface area contributed by atoms with Gasteiger partial charge in [-0.3, -0.25) is 0 Å². The summed E-state index contributed by atoms with van der Waals surface area (Å²) < 4.78 is 5.30. The van der Waals surface area contributed by atoms with E-state index in [1.54, 1.807) is 7.11 Å². The molecule has 0 spiro atoms. The Balaban J connectivity index is 3.71. The Morgan fingerprint density at radius 1 is 1.20 bits per heavy atom. The number of β-amino-alcohol motifs (C(OH)–C–C–N with tert-alkyl or cyclic N) is 1. The van der Waals surface area contributed by atoms with Crippen molar-refractivity contribution in [3.63, 3.8) is 0 Å². The van der Waals surface area contributed by atoms with Gasteiger partial charge >= 0.3 is 0 Å². The van der Waals surface area contributed by atoms with Gasteiger partial charge in [0, 0.05) is 19.2 Å². The van der Waals surface area contributed by atoms with Gasteiger partial charge in [0.05, 0.1) is 11.7 Å². The summed E-state index contributed by atoms with van der Waals surface area (Å²) in [5.74, 6) is 0. The predicted molar refractivity (Wildman–Crippen MR) is 64.1 cm³/mol. The van der Waals surface area contributed by atoms with Crippen LogP contribution in [0.25, 0.3) is 0 Å². The van der Waals surface area contributed by atoms with Gasteiger partial charge in [-0.15, -0.1) is 0 Å².